The molecule has 0 aliphatic carbocycles. The lowest BCUT2D eigenvalue weighted by molar-refractivity contribution is 0.185. The molecule has 18 heavy (non-hydrogen) atoms. The fraction of sp³-hybridized carbons (Fsp3) is 0.267. The molecule has 2 aromatic rings. The minimum absolute atomic E-state index is 0.651. The molecule has 0 amide bonds. The Kier molecular flexibility index (Phi) is 4.73. The number of nitrogens with zero attached hydrogens (tertiary/aromatic N) is 1. The van der Waals surface area contributed by atoms with Crippen LogP contribution in [0.3, 0.4) is 0 Å². The van der Waals surface area contributed by atoms with Crippen molar-refractivity contribution in [3.63, 3.8) is 0 Å². The second kappa shape index (κ2) is 6.77. The van der Waals surface area contributed by atoms with Gasteiger partial charge in [0.2, 0.25) is 0 Å². The molecule has 0 unspecified atom stereocenters. The predicted molar refractivity (Wildman–Crippen MR) is 73.6 cm³/mol. The van der Waals surface area contributed by atoms with E-state index < -0.39 is 0 Å². The molecule has 0 saturated heterocycles. The lowest BCUT2D eigenvalue weighted by Crippen LogP contribution is -2.05. The van der Waals surface area contributed by atoms with Crippen molar-refractivity contribution in [2.45, 2.75) is 13.0 Å². The summed E-state index contributed by atoms with van der Waals surface area (Å²) in [6, 6.07) is 12.4. The molecular formula is C15H18N2O. The topological polar surface area (TPSA) is 34.1 Å². The van der Waals surface area contributed by atoms with E-state index in [1.54, 1.807) is 13.3 Å². The summed E-state index contributed by atoms with van der Waals surface area (Å²) < 4.78 is 5.12. The zero-order chi connectivity index (χ0) is 12.6. The standard InChI is InChI=1S/C15H18N2O/c1-18-12-14-4-2-6-15(10-14)17-9-7-13-5-3-8-16-11-13/h2-6,8,10-11,17H,7,9,12H2,1H3. The summed E-state index contributed by atoms with van der Waals surface area (Å²) >= 11 is 0. The molecule has 3 heteroatoms. The Hall–Kier alpha value is -1.87. The first-order valence-corrected chi connectivity index (χ1v) is 6.09. The molecular weight excluding hydrogens is 224 g/mol. The van der Waals surface area contributed by atoms with Crippen LogP contribution in [0.5, 0.6) is 0 Å². The first-order valence-electron chi connectivity index (χ1n) is 6.09. The van der Waals surface area contributed by atoms with Crippen molar-refractivity contribution in [2.24, 2.45) is 0 Å². The number of aromatic nitrogens is 1. The quantitative estimate of drug-likeness (QED) is 0.845. The number of nitrogens with one attached hydrogen (secondary N) is 1. The monoisotopic (exact) mass is 242 g/mol. The van der Waals surface area contributed by atoms with Crippen molar-refractivity contribution < 1.29 is 4.74 Å². The maximum absolute atomic E-state index is 5.12. The van der Waals surface area contributed by atoms with Gasteiger partial charge in [0.1, 0.15) is 0 Å². The van der Waals surface area contributed by atoms with Crippen LogP contribution in [0.25, 0.3) is 0 Å². The summed E-state index contributed by atoms with van der Waals surface area (Å²) in [7, 11) is 1.71. The Morgan fingerprint density at radius 1 is 1.17 bits per heavy atom. The van der Waals surface area contributed by atoms with Crippen LogP contribution in [0.2, 0.25) is 0 Å². The van der Waals surface area contributed by atoms with Crippen LogP contribution in [0, 0.1) is 0 Å². The van der Waals surface area contributed by atoms with E-state index in [4.69, 9.17) is 4.74 Å². The van der Waals surface area contributed by atoms with Crippen molar-refractivity contribution >= 4 is 5.69 Å². The Labute approximate surface area is 108 Å². The molecule has 0 atom stereocenters. The van der Waals surface area contributed by atoms with Crippen LogP contribution >= 0.6 is 0 Å². The van der Waals surface area contributed by atoms with E-state index in [0.717, 1.165) is 18.7 Å². The smallest absolute Gasteiger partial charge is 0.0713 e. The molecule has 1 aromatic heterocycles. The second-order valence-electron chi connectivity index (χ2n) is 4.17. The van der Waals surface area contributed by atoms with Crippen molar-refractivity contribution in [3.8, 4) is 0 Å². The molecule has 94 valence electrons. The van der Waals surface area contributed by atoms with Gasteiger partial charge in [-0.2, -0.15) is 0 Å². The normalized spacial score (nSPS) is 10.3. The summed E-state index contributed by atoms with van der Waals surface area (Å²) in [6.07, 6.45) is 4.68. The van der Waals surface area contributed by atoms with Crippen molar-refractivity contribution in [1.29, 1.82) is 0 Å². The van der Waals surface area contributed by atoms with E-state index in [1.165, 1.54) is 11.1 Å². The molecule has 0 spiro atoms. The number of hydrogen-bond donors (Lipinski definition) is 1. The number of hydrogen-bond acceptors (Lipinski definition) is 3. The summed E-state index contributed by atoms with van der Waals surface area (Å²) in [5, 5.41) is 3.41. The molecule has 0 aliphatic heterocycles. The Morgan fingerprint density at radius 2 is 2.06 bits per heavy atom. The zero-order valence-electron chi connectivity index (χ0n) is 10.6. The average Bonchev–Trinajstić information content (AvgIpc) is 2.41. The van der Waals surface area contributed by atoms with Gasteiger partial charge < -0.3 is 10.1 Å². The molecule has 1 N–H and O–H groups in total. The summed E-state index contributed by atoms with van der Waals surface area (Å²) in [5.74, 6) is 0. The Balaban J connectivity index is 1.84. The van der Waals surface area contributed by atoms with Crippen LogP contribution in [-0.4, -0.2) is 18.6 Å². The van der Waals surface area contributed by atoms with Crippen molar-refractivity contribution in [2.75, 3.05) is 19.0 Å². The molecule has 0 radical (unpaired) electrons. The Bertz CT molecular complexity index is 471. The highest BCUT2D eigenvalue weighted by atomic mass is 16.5. The molecule has 0 aliphatic rings. The van der Waals surface area contributed by atoms with E-state index in [0.29, 0.717) is 6.61 Å². The van der Waals surface area contributed by atoms with Crippen LogP contribution in [0.4, 0.5) is 5.69 Å². The van der Waals surface area contributed by atoms with E-state index in [-0.39, 0.29) is 0 Å². The van der Waals surface area contributed by atoms with Gasteiger partial charge >= 0.3 is 0 Å². The van der Waals surface area contributed by atoms with Crippen LogP contribution in [0.15, 0.2) is 48.8 Å². The minimum Gasteiger partial charge on any atom is -0.385 e. The number of anilines is 1. The van der Waals surface area contributed by atoms with Gasteiger partial charge in [-0.15, -0.1) is 0 Å². The van der Waals surface area contributed by atoms with E-state index in [1.807, 2.05) is 18.3 Å². The van der Waals surface area contributed by atoms with Gasteiger partial charge in [-0.3, -0.25) is 4.98 Å². The lowest BCUT2D eigenvalue weighted by atomic mass is 10.2. The third-order valence-electron chi connectivity index (χ3n) is 2.70. The number of ether oxygens (including phenoxy) is 1. The molecule has 0 bridgehead atoms. The van der Waals surface area contributed by atoms with Gasteiger partial charge in [-0.25, -0.2) is 0 Å². The van der Waals surface area contributed by atoms with Gasteiger partial charge in [0.15, 0.2) is 0 Å². The van der Waals surface area contributed by atoms with Gasteiger partial charge in [-0.05, 0) is 35.7 Å². The van der Waals surface area contributed by atoms with E-state index in [2.05, 4.69) is 34.6 Å². The zero-order valence-corrected chi connectivity index (χ0v) is 10.6. The summed E-state index contributed by atoms with van der Waals surface area (Å²) in [5.41, 5.74) is 3.57. The molecule has 1 aromatic carbocycles. The second-order valence-corrected chi connectivity index (χ2v) is 4.17. The summed E-state index contributed by atoms with van der Waals surface area (Å²) in [4.78, 5) is 4.10. The predicted octanol–water partition coefficient (Wildman–Crippen LogP) is 2.88. The lowest BCUT2D eigenvalue weighted by Gasteiger charge is -2.08. The average molecular weight is 242 g/mol. The van der Waals surface area contributed by atoms with Crippen LogP contribution < -0.4 is 5.32 Å². The van der Waals surface area contributed by atoms with Crippen molar-refractivity contribution in [1.82, 2.24) is 4.98 Å². The van der Waals surface area contributed by atoms with Crippen molar-refractivity contribution in [3.05, 3.63) is 59.9 Å². The van der Waals surface area contributed by atoms with Crippen LogP contribution in [0.1, 0.15) is 11.1 Å². The number of rotatable bonds is 6. The largest absolute Gasteiger partial charge is 0.385 e. The van der Waals surface area contributed by atoms with Crippen LogP contribution in [-0.2, 0) is 17.8 Å². The first kappa shape index (κ1) is 12.6. The van der Waals surface area contributed by atoms with E-state index >= 15 is 0 Å². The molecule has 3 nitrogen and oxygen atoms in total. The fourth-order valence-corrected chi connectivity index (χ4v) is 1.83. The van der Waals surface area contributed by atoms with Gasteiger partial charge in [0.05, 0.1) is 6.61 Å². The summed E-state index contributed by atoms with van der Waals surface area (Å²) in [6.45, 7) is 1.56. The molecule has 0 saturated carbocycles. The SMILES string of the molecule is COCc1cccc(NCCc2cccnc2)c1. The number of pyridine rings is 1. The van der Waals surface area contributed by atoms with Gasteiger partial charge in [0, 0.05) is 31.7 Å². The van der Waals surface area contributed by atoms with Gasteiger partial charge in [0.25, 0.3) is 0 Å². The Morgan fingerprint density at radius 3 is 2.83 bits per heavy atom. The maximum atomic E-state index is 5.12. The minimum atomic E-state index is 0.651. The first-order chi connectivity index (χ1) is 8.88. The number of methoxy groups -OCH3 is 1. The third kappa shape index (κ3) is 3.86. The molecule has 2 rings (SSSR count). The highest BCUT2D eigenvalue weighted by molar-refractivity contribution is 5.45. The third-order valence-corrected chi connectivity index (χ3v) is 2.70. The highest BCUT2D eigenvalue weighted by Gasteiger charge is 1.96. The van der Waals surface area contributed by atoms with Gasteiger partial charge in [-0.1, -0.05) is 18.2 Å². The number of benzene rings is 1. The highest BCUT2D eigenvalue weighted by Crippen LogP contribution is 2.11. The fourth-order valence-electron chi connectivity index (χ4n) is 1.83. The maximum Gasteiger partial charge on any atom is 0.0713 e. The van der Waals surface area contributed by atoms with E-state index in [9.17, 15) is 0 Å². The molecule has 1 heterocycles. The molecule has 0 fully saturated rings.